The molecule has 0 fully saturated rings. The first-order valence-electron chi connectivity index (χ1n) is 6.04. The first-order valence-corrected chi connectivity index (χ1v) is 6.04. The van der Waals surface area contributed by atoms with Crippen LogP contribution in [-0.4, -0.2) is 18.5 Å². The lowest BCUT2D eigenvalue weighted by Gasteiger charge is -2.16. The van der Waals surface area contributed by atoms with Gasteiger partial charge in [0.05, 0.1) is 0 Å². The van der Waals surface area contributed by atoms with Gasteiger partial charge in [0, 0.05) is 13.0 Å². The highest BCUT2D eigenvalue weighted by atomic mass is 16.5. The number of ketones is 1. The number of Topliss-reactive ketones (excluding diaryl/α,β-unsaturated/α-hetero) is 1. The fraction of sp³-hybridized carbons (Fsp3) is 0.769. The van der Waals surface area contributed by atoms with Crippen molar-refractivity contribution in [3.8, 4) is 0 Å². The standard InChI is InChI=1S/C13H22O2/c1-3-15-13-10-6-8-11(2)7-4-5-9-12(13)14/h8,13H,3-7,9-10H2,1-2H3/b11-8-. The molecule has 0 radical (unpaired) electrons. The van der Waals surface area contributed by atoms with E-state index in [1.165, 1.54) is 5.57 Å². The van der Waals surface area contributed by atoms with E-state index in [2.05, 4.69) is 13.0 Å². The summed E-state index contributed by atoms with van der Waals surface area (Å²) >= 11 is 0. The van der Waals surface area contributed by atoms with Gasteiger partial charge in [-0.3, -0.25) is 4.79 Å². The molecule has 0 saturated heterocycles. The van der Waals surface area contributed by atoms with Crippen LogP contribution in [0.25, 0.3) is 0 Å². The van der Waals surface area contributed by atoms with Gasteiger partial charge < -0.3 is 4.74 Å². The van der Waals surface area contributed by atoms with Crippen LogP contribution in [0.5, 0.6) is 0 Å². The minimum Gasteiger partial charge on any atom is -0.371 e. The Labute approximate surface area is 92.7 Å². The quantitative estimate of drug-likeness (QED) is 0.654. The van der Waals surface area contributed by atoms with Crippen molar-refractivity contribution in [3.05, 3.63) is 11.6 Å². The summed E-state index contributed by atoms with van der Waals surface area (Å²) in [5.41, 5.74) is 1.46. The van der Waals surface area contributed by atoms with E-state index in [0.29, 0.717) is 18.8 Å². The van der Waals surface area contributed by atoms with Crippen molar-refractivity contribution in [2.75, 3.05) is 6.61 Å². The molecule has 15 heavy (non-hydrogen) atoms. The number of carbonyl (C=O) groups is 1. The molecule has 0 aliphatic heterocycles. The maximum absolute atomic E-state index is 11.8. The van der Waals surface area contributed by atoms with Crippen LogP contribution in [0.3, 0.4) is 0 Å². The Hall–Kier alpha value is -0.630. The number of allylic oxidation sites excluding steroid dienone is 2. The first-order chi connectivity index (χ1) is 7.24. The van der Waals surface area contributed by atoms with Crippen LogP contribution in [0.15, 0.2) is 11.6 Å². The summed E-state index contributed by atoms with van der Waals surface area (Å²) in [6.07, 6.45) is 7.90. The molecular weight excluding hydrogens is 188 g/mol. The number of hydrogen-bond donors (Lipinski definition) is 0. The molecule has 86 valence electrons. The Kier molecular flexibility index (Phi) is 5.62. The van der Waals surface area contributed by atoms with Crippen LogP contribution in [0.4, 0.5) is 0 Å². The van der Waals surface area contributed by atoms with Crippen molar-refractivity contribution in [3.63, 3.8) is 0 Å². The summed E-state index contributed by atoms with van der Waals surface area (Å²) in [6.45, 7) is 4.77. The van der Waals surface area contributed by atoms with Crippen molar-refractivity contribution in [2.45, 2.75) is 58.5 Å². The number of ether oxygens (including phenoxy) is 1. The van der Waals surface area contributed by atoms with Crippen LogP contribution < -0.4 is 0 Å². The topological polar surface area (TPSA) is 26.3 Å². The molecule has 0 saturated carbocycles. The molecule has 0 aromatic rings. The van der Waals surface area contributed by atoms with E-state index in [4.69, 9.17) is 4.74 Å². The third-order valence-electron chi connectivity index (χ3n) is 2.89. The van der Waals surface area contributed by atoms with Crippen molar-refractivity contribution >= 4 is 5.78 Å². The zero-order chi connectivity index (χ0) is 11.1. The van der Waals surface area contributed by atoms with Crippen LogP contribution >= 0.6 is 0 Å². The summed E-state index contributed by atoms with van der Waals surface area (Å²) in [4.78, 5) is 11.8. The third kappa shape index (κ3) is 4.61. The molecule has 2 heteroatoms. The molecule has 0 aromatic heterocycles. The zero-order valence-electron chi connectivity index (χ0n) is 9.92. The Morgan fingerprint density at radius 1 is 1.40 bits per heavy atom. The molecule has 1 aliphatic rings. The van der Waals surface area contributed by atoms with E-state index in [1.807, 2.05) is 6.92 Å². The highest BCUT2D eigenvalue weighted by Crippen LogP contribution is 2.16. The van der Waals surface area contributed by atoms with Crippen molar-refractivity contribution in [1.82, 2.24) is 0 Å². The van der Waals surface area contributed by atoms with Crippen LogP contribution in [0.2, 0.25) is 0 Å². The maximum Gasteiger partial charge on any atom is 0.161 e. The van der Waals surface area contributed by atoms with Gasteiger partial charge in [0.1, 0.15) is 6.10 Å². The average molecular weight is 210 g/mol. The Bertz CT molecular complexity index is 231. The number of hydrogen-bond acceptors (Lipinski definition) is 2. The van der Waals surface area contributed by atoms with Crippen LogP contribution in [0, 0.1) is 0 Å². The monoisotopic (exact) mass is 210 g/mol. The average Bonchev–Trinajstić information content (AvgIpc) is 2.22. The van der Waals surface area contributed by atoms with Crippen LogP contribution in [-0.2, 0) is 9.53 Å². The number of carbonyl (C=O) groups excluding carboxylic acids is 1. The molecular formula is C13H22O2. The van der Waals surface area contributed by atoms with Gasteiger partial charge in [0.25, 0.3) is 0 Å². The molecule has 0 aromatic carbocycles. The molecule has 0 amide bonds. The van der Waals surface area contributed by atoms with Gasteiger partial charge in [0.2, 0.25) is 0 Å². The first kappa shape index (κ1) is 12.4. The molecule has 1 unspecified atom stereocenters. The van der Waals surface area contributed by atoms with Crippen LogP contribution in [0.1, 0.15) is 52.4 Å². The molecule has 1 atom stereocenters. The molecule has 1 rings (SSSR count). The van der Waals surface area contributed by atoms with E-state index in [0.717, 1.165) is 32.1 Å². The van der Waals surface area contributed by atoms with Gasteiger partial charge in [-0.15, -0.1) is 0 Å². The fourth-order valence-corrected chi connectivity index (χ4v) is 1.99. The highest BCUT2D eigenvalue weighted by Gasteiger charge is 2.17. The summed E-state index contributed by atoms with van der Waals surface area (Å²) < 4.78 is 5.48. The normalized spacial score (nSPS) is 28.3. The van der Waals surface area contributed by atoms with E-state index in [-0.39, 0.29) is 6.10 Å². The molecule has 0 heterocycles. The second-order valence-electron chi connectivity index (χ2n) is 4.25. The lowest BCUT2D eigenvalue weighted by Crippen LogP contribution is -2.24. The molecule has 0 bridgehead atoms. The molecule has 0 N–H and O–H groups in total. The predicted octanol–water partition coefficient (Wildman–Crippen LogP) is 3.26. The Balaban J connectivity index is 2.54. The van der Waals surface area contributed by atoms with Gasteiger partial charge in [-0.2, -0.15) is 0 Å². The summed E-state index contributed by atoms with van der Waals surface area (Å²) in [5, 5.41) is 0. The van der Waals surface area contributed by atoms with Gasteiger partial charge in [-0.05, 0) is 46.0 Å². The summed E-state index contributed by atoms with van der Waals surface area (Å²) in [7, 11) is 0. The molecule has 1 aliphatic carbocycles. The Morgan fingerprint density at radius 3 is 2.87 bits per heavy atom. The third-order valence-corrected chi connectivity index (χ3v) is 2.89. The van der Waals surface area contributed by atoms with Crippen molar-refractivity contribution in [2.24, 2.45) is 0 Å². The minimum absolute atomic E-state index is 0.155. The fourth-order valence-electron chi connectivity index (χ4n) is 1.99. The zero-order valence-corrected chi connectivity index (χ0v) is 9.92. The Morgan fingerprint density at radius 2 is 2.13 bits per heavy atom. The lowest BCUT2D eigenvalue weighted by molar-refractivity contribution is -0.130. The maximum atomic E-state index is 11.8. The second-order valence-corrected chi connectivity index (χ2v) is 4.25. The SMILES string of the molecule is CCOC1CC/C=C(/C)CCCCC1=O. The predicted molar refractivity (Wildman–Crippen MR) is 61.9 cm³/mol. The van der Waals surface area contributed by atoms with Gasteiger partial charge in [-0.25, -0.2) is 0 Å². The smallest absolute Gasteiger partial charge is 0.161 e. The summed E-state index contributed by atoms with van der Waals surface area (Å²) in [5.74, 6) is 0.296. The van der Waals surface area contributed by atoms with Gasteiger partial charge >= 0.3 is 0 Å². The van der Waals surface area contributed by atoms with E-state index in [1.54, 1.807) is 0 Å². The van der Waals surface area contributed by atoms with Crippen molar-refractivity contribution < 1.29 is 9.53 Å². The second kappa shape index (κ2) is 6.78. The van der Waals surface area contributed by atoms with E-state index in [9.17, 15) is 4.79 Å². The summed E-state index contributed by atoms with van der Waals surface area (Å²) in [6, 6.07) is 0. The number of rotatable bonds is 2. The molecule has 2 nitrogen and oxygen atoms in total. The van der Waals surface area contributed by atoms with Gasteiger partial charge in [0.15, 0.2) is 5.78 Å². The molecule has 0 spiro atoms. The van der Waals surface area contributed by atoms with E-state index >= 15 is 0 Å². The largest absolute Gasteiger partial charge is 0.371 e. The minimum atomic E-state index is -0.155. The highest BCUT2D eigenvalue weighted by molar-refractivity contribution is 5.83. The van der Waals surface area contributed by atoms with E-state index < -0.39 is 0 Å². The lowest BCUT2D eigenvalue weighted by atomic mass is 9.98. The van der Waals surface area contributed by atoms with Crippen molar-refractivity contribution in [1.29, 1.82) is 0 Å². The van der Waals surface area contributed by atoms with Gasteiger partial charge in [-0.1, -0.05) is 11.6 Å².